The lowest BCUT2D eigenvalue weighted by Gasteiger charge is -2.37. The van der Waals surface area contributed by atoms with E-state index in [2.05, 4.69) is 33.9 Å². The van der Waals surface area contributed by atoms with Gasteiger partial charge in [-0.05, 0) is 32.0 Å². The average Bonchev–Trinajstić information content (AvgIpc) is 2.76. The fourth-order valence-corrected chi connectivity index (χ4v) is 3.33. The minimum absolute atomic E-state index is 0.0304. The summed E-state index contributed by atoms with van der Waals surface area (Å²) in [6.45, 7) is 13.6. The summed E-state index contributed by atoms with van der Waals surface area (Å²) in [4.78, 5) is 0. The maximum atomic E-state index is 10.3. The molecule has 4 N–H and O–H groups in total. The normalized spacial score (nSPS) is 28.6. The van der Waals surface area contributed by atoms with E-state index in [4.69, 9.17) is 19.0 Å². The fourth-order valence-electron chi connectivity index (χ4n) is 2.32. The highest BCUT2D eigenvalue weighted by molar-refractivity contribution is 6.74. The Balaban J connectivity index is 2.83. The molecule has 1 rings (SSSR count). The summed E-state index contributed by atoms with van der Waals surface area (Å²) in [5.41, 5.74) is 0. The van der Waals surface area contributed by atoms with Crippen LogP contribution in [0.2, 0.25) is 18.1 Å². The highest BCUT2D eigenvalue weighted by Gasteiger charge is 2.49. The zero-order chi connectivity index (χ0) is 18.9. The predicted octanol–water partition coefficient (Wildman–Crippen LogP) is 0.603. The number of hydrogen-bond donors (Lipinski definition) is 4. The number of hydrogen-bond acceptors (Lipinski definition) is 7. The third kappa shape index (κ3) is 5.22. The Morgan fingerprint density at radius 1 is 1.12 bits per heavy atom. The Morgan fingerprint density at radius 2 is 1.67 bits per heavy atom. The standard InChI is InChI=1S/C16H34O7Si/c1-15(2,3)24(6,7)21-9-11-14(23-16(4,5)22-11)13(20)12(19)10(18)8-17/h10-14,17-20H,8-9H2,1-7H3/t10-,11+,12+,13+,14+/m0/s1. The molecule has 0 amide bonds. The largest absolute Gasteiger partial charge is 0.414 e. The van der Waals surface area contributed by atoms with Gasteiger partial charge in [-0.2, -0.15) is 0 Å². The highest BCUT2D eigenvalue weighted by Crippen LogP contribution is 2.38. The lowest BCUT2D eigenvalue weighted by Crippen LogP contribution is -2.51. The average molecular weight is 367 g/mol. The molecule has 0 aromatic rings. The van der Waals surface area contributed by atoms with Crippen molar-refractivity contribution < 1.29 is 34.3 Å². The fraction of sp³-hybridized carbons (Fsp3) is 1.00. The van der Waals surface area contributed by atoms with Crippen molar-refractivity contribution in [2.45, 2.75) is 89.1 Å². The molecule has 0 unspecified atom stereocenters. The molecule has 1 aliphatic rings. The molecule has 1 aliphatic heterocycles. The second-order valence-corrected chi connectivity index (χ2v) is 13.3. The molecule has 1 saturated heterocycles. The molecule has 0 spiro atoms. The third-order valence-electron chi connectivity index (χ3n) is 4.90. The molecule has 24 heavy (non-hydrogen) atoms. The maximum absolute atomic E-state index is 10.3. The van der Waals surface area contributed by atoms with Crippen molar-refractivity contribution in [1.29, 1.82) is 0 Å². The van der Waals surface area contributed by atoms with Gasteiger partial charge in [0.25, 0.3) is 0 Å². The molecule has 0 aliphatic carbocycles. The molecular formula is C16H34O7Si. The molecule has 0 bridgehead atoms. The molecule has 144 valence electrons. The van der Waals surface area contributed by atoms with Gasteiger partial charge >= 0.3 is 0 Å². The van der Waals surface area contributed by atoms with Crippen molar-refractivity contribution in [2.75, 3.05) is 13.2 Å². The SMILES string of the molecule is CC1(C)O[C@@H]([C@H](O)[C@H](O)[C@@H](O)CO)[C@@H](CO[Si](C)(C)C(C)(C)C)O1. The van der Waals surface area contributed by atoms with Crippen LogP contribution in [-0.2, 0) is 13.9 Å². The first-order chi connectivity index (χ1) is 10.7. The summed E-state index contributed by atoms with van der Waals surface area (Å²) in [6, 6.07) is 0. The van der Waals surface area contributed by atoms with Crippen LogP contribution in [0.1, 0.15) is 34.6 Å². The molecule has 0 aromatic heterocycles. The van der Waals surface area contributed by atoms with Gasteiger partial charge in [-0.15, -0.1) is 0 Å². The number of ether oxygens (including phenoxy) is 2. The van der Waals surface area contributed by atoms with E-state index in [-0.39, 0.29) is 11.6 Å². The van der Waals surface area contributed by atoms with Crippen LogP contribution in [0, 0.1) is 0 Å². The highest BCUT2D eigenvalue weighted by atomic mass is 28.4. The summed E-state index contributed by atoms with van der Waals surface area (Å²) in [5.74, 6) is -0.934. The van der Waals surface area contributed by atoms with Crippen molar-refractivity contribution in [2.24, 2.45) is 0 Å². The summed E-state index contributed by atoms with van der Waals surface area (Å²) in [6.07, 6.45) is -5.82. The Morgan fingerprint density at radius 3 is 2.12 bits per heavy atom. The Hall–Kier alpha value is -0.0631. The molecule has 5 atom stereocenters. The molecule has 1 heterocycles. The minimum atomic E-state index is -2.01. The van der Waals surface area contributed by atoms with Gasteiger partial charge < -0.3 is 34.3 Å². The van der Waals surface area contributed by atoms with E-state index >= 15 is 0 Å². The topological polar surface area (TPSA) is 109 Å². The molecule has 8 heteroatoms. The van der Waals surface area contributed by atoms with E-state index in [1.165, 1.54) is 0 Å². The monoisotopic (exact) mass is 366 g/mol. The number of rotatable bonds is 7. The van der Waals surface area contributed by atoms with E-state index < -0.39 is 51.2 Å². The van der Waals surface area contributed by atoms with Crippen LogP contribution in [0.25, 0.3) is 0 Å². The predicted molar refractivity (Wildman–Crippen MR) is 92.1 cm³/mol. The summed E-state index contributed by atoms with van der Waals surface area (Å²) >= 11 is 0. The summed E-state index contributed by atoms with van der Waals surface area (Å²) in [7, 11) is -2.01. The summed E-state index contributed by atoms with van der Waals surface area (Å²) < 4.78 is 17.7. The number of aliphatic hydroxyl groups is 4. The number of aliphatic hydroxyl groups excluding tert-OH is 4. The lowest BCUT2D eigenvalue weighted by atomic mass is 10.00. The third-order valence-corrected chi connectivity index (χ3v) is 9.40. The van der Waals surface area contributed by atoms with Crippen molar-refractivity contribution in [3.05, 3.63) is 0 Å². The van der Waals surface area contributed by atoms with Crippen LogP contribution in [0.15, 0.2) is 0 Å². The van der Waals surface area contributed by atoms with E-state index in [9.17, 15) is 15.3 Å². The molecule has 0 radical (unpaired) electrons. The van der Waals surface area contributed by atoms with Crippen LogP contribution < -0.4 is 0 Å². The maximum Gasteiger partial charge on any atom is 0.192 e. The van der Waals surface area contributed by atoms with E-state index in [0.717, 1.165) is 0 Å². The van der Waals surface area contributed by atoms with Gasteiger partial charge in [-0.25, -0.2) is 0 Å². The molecule has 0 aromatic carbocycles. The Kier molecular flexibility index (Phi) is 7.02. The van der Waals surface area contributed by atoms with Crippen LogP contribution in [0.5, 0.6) is 0 Å². The van der Waals surface area contributed by atoms with Crippen molar-refractivity contribution in [3.63, 3.8) is 0 Å². The smallest absolute Gasteiger partial charge is 0.192 e. The van der Waals surface area contributed by atoms with Crippen LogP contribution in [0.4, 0.5) is 0 Å². The van der Waals surface area contributed by atoms with E-state index in [1.54, 1.807) is 13.8 Å². The molecule has 1 fully saturated rings. The van der Waals surface area contributed by atoms with E-state index in [0.29, 0.717) is 0 Å². The van der Waals surface area contributed by atoms with Crippen LogP contribution >= 0.6 is 0 Å². The Labute approximate surface area is 145 Å². The first-order valence-electron chi connectivity index (χ1n) is 8.36. The van der Waals surface area contributed by atoms with Gasteiger partial charge in [0.1, 0.15) is 30.5 Å². The van der Waals surface area contributed by atoms with Gasteiger partial charge in [0.05, 0.1) is 13.2 Å². The second-order valence-electron chi connectivity index (χ2n) is 8.44. The Bertz CT molecular complexity index is 408. The van der Waals surface area contributed by atoms with Gasteiger partial charge in [0, 0.05) is 0 Å². The van der Waals surface area contributed by atoms with Crippen LogP contribution in [-0.4, -0.2) is 78.3 Å². The second kappa shape index (κ2) is 7.67. The van der Waals surface area contributed by atoms with Gasteiger partial charge in [-0.3, -0.25) is 0 Å². The van der Waals surface area contributed by atoms with Gasteiger partial charge in [-0.1, -0.05) is 20.8 Å². The first-order valence-corrected chi connectivity index (χ1v) is 11.3. The first kappa shape index (κ1) is 22.0. The van der Waals surface area contributed by atoms with Crippen molar-refractivity contribution in [3.8, 4) is 0 Å². The molecule has 0 saturated carbocycles. The summed E-state index contributed by atoms with van der Waals surface area (Å²) in [5, 5.41) is 38.8. The van der Waals surface area contributed by atoms with E-state index in [1.807, 2.05) is 0 Å². The zero-order valence-corrected chi connectivity index (χ0v) is 16.8. The lowest BCUT2D eigenvalue weighted by molar-refractivity contribution is -0.171. The van der Waals surface area contributed by atoms with Gasteiger partial charge in [0.15, 0.2) is 14.1 Å². The van der Waals surface area contributed by atoms with Crippen molar-refractivity contribution in [1.82, 2.24) is 0 Å². The quantitative estimate of drug-likeness (QED) is 0.489. The zero-order valence-electron chi connectivity index (χ0n) is 15.8. The van der Waals surface area contributed by atoms with Crippen molar-refractivity contribution >= 4 is 8.32 Å². The van der Waals surface area contributed by atoms with Crippen LogP contribution in [0.3, 0.4) is 0 Å². The molecule has 7 nitrogen and oxygen atoms in total. The molecular weight excluding hydrogens is 332 g/mol. The minimum Gasteiger partial charge on any atom is -0.414 e. The van der Waals surface area contributed by atoms with Gasteiger partial charge in [0.2, 0.25) is 0 Å².